The average molecular weight is 336 g/mol. The minimum absolute atomic E-state index is 0.0267. The number of carbonyl (C=O) groups excluding carboxylic acids is 1. The van der Waals surface area contributed by atoms with E-state index in [0.717, 1.165) is 24.8 Å². The monoisotopic (exact) mass is 335 g/mol. The largest absolute Gasteiger partial charge is 0.394 e. The normalized spacial score (nSPS) is 21.7. The Hall–Kier alpha value is -1.06. The Labute approximate surface area is 143 Å². The molecule has 2 aliphatic carbocycles. The lowest BCUT2D eigenvalue weighted by molar-refractivity contribution is -0.124. The van der Waals surface area contributed by atoms with E-state index in [9.17, 15) is 9.90 Å². The molecule has 0 bridgehead atoms. The lowest BCUT2D eigenvalue weighted by Gasteiger charge is -2.27. The molecule has 0 unspecified atom stereocenters. The van der Waals surface area contributed by atoms with Gasteiger partial charge in [0.25, 0.3) is 0 Å². The van der Waals surface area contributed by atoms with Gasteiger partial charge < -0.3 is 10.4 Å². The molecule has 3 nitrogen and oxygen atoms in total. The molecule has 23 heavy (non-hydrogen) atoms. The number of rotatable bonds is 6. The Kier molecular flexibility index (Phi) is 5.27. The van der Waals surface area contributed by atoms with Crippen LogP contribution < -0.4 is 5.32 Å². The summed E-state index contributed by atoms with van der Waals surface area (Å²) in [6, 6.07) is 7.47. The van der Waals surface area contributed by atoms with Crippen molar-refractivity contribution in [3.63, 3.8) is 0 Å². The Morgan fingerprint density at radius 1 is 1.22 bits per heavy atom. The van der Waals surface area contributed by atoms with Crippen LogP contribution in [0, 0.1) is 5.92 Å². The number of amides is 1. The molecule has 2 fully saturated rings. The van der Waals surface area contributed by atoms with Crippen molar-refractivity contribution in [3.05, 3.63) is 34.9 Å². The summed E-state index contributed by atoms with van der Waals surface area (Å²) >= 11 is 5.94. The summed E-state index contributed by atoms with van der Waals surface area (Å²) in [7, 11) is 0. The highest BCUT2D eigenvalue weighted by Gasteiger charge is 2.51. The Bertz CT molecular complexity index is 533. The van der Waals surface area contributed by atoms with Crippen molar-refractivity contribution in [2.75, 3.05) is 6.61 Å². The van der Waals surface area contributed by atoms with E-state index in [1.807, 2.05) is 24.3 Å². The van der Waals surface area contributed by atoms with Crippen LogP contribution in [0.25, 0.3) is 0 Å². The van der Waals surface area contributed by atoms with E-state index in [4.69, 9.17) is 11.6 Å². The molecule has 2 saturated carbocycles. The van der Waals surface area contributed by atoms with Crippen LogP contribution in [0.1, 0.15) is 56.9 Å². The number of hydrogen-bond donors (Lipinski definition) is 2. The molecule has 0 spiro atoms. The minimum Gasteiger partial charge on any atom is -0.394 e. The number of benzene rings is 1. The summed E-state index contributed by atoms with van der Waals surface area (Å²) in [5.74, 6) is 0.710. The fourth-order valence-electron chi connectivity index (χ4n) is 3.87. The second kappa shape index (κ2) is 7.23. The van der Waals surface area contributed by atoms with Gasteiger partial charge in [-0.3, -0.25) is 4.79 Å². The van der Waals surface area contributed by atoms with E-state index >= 15 is 0 Å². The van der Waals surface area contributed by atoms with Crippen LogP contribution in [0.3, 0.4) is 0 Å². The number of aliphatic hydroxyl groups is 1. The van der Waals surface area contributed by atoms with E-state index < -0.39 is 5.41 Å². The molecule has 0 radical (unpaired) electrons. The number of hydrogen-bond acceptors (Lipinski definition) is 2. The minimum atomic E-state index is -0.398. The summed E-state index contributed by atoms with van der Waals surface area (Å²) in [6.07, 6.45) is 9.01. The maximum Gasteiger partial charge on any atom is 0.230 e. The van der Waals surface area contributed by atoms with Gasteiger partial charge in [-0.15, -0.1) is 0 Å². The first-order valence-electron chi connectivity index (χ1n) is 8.82. The van der Waals surface area contributed by atoms with Crippen molar-refractivity contribution < 1.29 is 9.90 Å². The van der Waals surface area contributed by atoms with Gasteiger partial charge in [-0.25, -0.2) is 0 Å². The standard InChI is InChI=1S/C19H26ClNO2/c20-16-8-6-15(7-9-16)19(10-11-19)18(23)21-17(13-22)12-14-4-2-1-3-5-14/h6-9,14,17,22H,1-5,10-13H2,(H,21,23)/t17-/m0/s1. The maximum absolute atomic E-state index is 12.8. The van der Waals surface area contributed by atoms with Crippen molar-refractivity contribution in [1.82, 2.24) is 5.32 Å². The van der Waals surface area contributed by atoms with Crippen LogP contribution in [-0.2, 0) is 10.2 Å². The zero-order chi connectivity index (χ0) is 16.3. The lowest BCUT2D eigenvalue weighted by atomic mass is 9.84. The molecule has 1 aromatic rings. The molecule has 1 atom stereocenters. The van der Waals surface area contributed by atoms with Crippen molar-refractivity contribution in [2.24, 2.45) is 5.92 Å². The quantitative estimate of drug-likeness (QED) is 0.830. The summed E-state index contributed by atoms with van der Waals surface area (Å²) in [5, 5.41) is 13.5. The predicted molar refractivity (Wildman–Crippen MR) is 92.6 cm³/mol. The van der Waals surface area contributed by atoms with Crippen molar-refractivity contribution >= 4 is 17.5 Å². The van der Waals surface area contributed by atoms with Crippen LogP contribution in [-0.4, -0.2) is 23.7 Å². The molecule has 2 aliphatic rings. The van der Waals surface area contributed by atoms with Gasteiger partial charge in [0.15, 0.2) is 0 Å². The maximum atomic E-state index is 12.8. The lowest BCUT2D eigenvalue weighted by Crippen LogP contribution is -2.44. The number of carbonyl (C=O) groups is 1. The summed E-state index contributed by atoms with van der Waals surface area (Å²) in [5.41, 5.74) is 0.638. The zero-order valence-electron chi connectivity index (χ0n) is 13.6. The molecule has 1 aromatic carbocycles. The Morgan fingerprint density at radius 3 is 2.43 bits per heavy atom. The SMILES string of the molecule is O=C(N[C@H](CO)CC1CCCCC1)C1(c2ccc(Cl)cc2)CC1. The van der Waals surface area contributed by atoms with E-state index in [1.165, 1.54) is 32.1 Å². The molecule has 0 aromatic heterocycles. The molecule has 0 aliphatic heterocycles. The summed E-state index contributed by atoms with van der Waals surface area (Å²) in [6.45, 7) is 0.0267. The van der Waals surface area contributed by atoms with E-state index in [1.54, 1.807) is 0 Å². The third kappa shape index (κ3) is 3.89. The highest BCUT2D eigenvalue weighted by Crippen LogP contribution is 2.48. The Morgan fingerprint density at radius 2 is 1.87 bits per heavy atom. The van der Waals surface area contributed by atoms with Crippen molar-refractivity contribution in [1.29, 1.82) is 0 Å². The second-order valence-electron chi connectivity index (χ2n) is 7.18. The van der Waals surface area contributed by atoms with Gasteiger partial charge in [0.1, 0.15) is 0 Å². The van der Waals surface area contributed by atoms with Gasteiger partial charge in [0.2, 0.25) is 5.91 Å². The molecule has 126 valence electrons. The molecular formula is C19H26ClNO2. The molecule has 2 N–H and O–H groups in total. The van der Waals surface area contributed by atoms with Crippen LogP contribution in [0.4, 0.5) is 0 Å². The van der Waals surface area contributed by atoms with Gasteiger partial charge in [0, 0.05) is 5.02 Å². The third-order valence-electron chi connectivity index (χ3n) is 5.48. The smallest absolute Gasteiger partial charge is 0.230 e. The molecular weight excluding hydrogens is 310 g/mol. The Balaban J connectivity index is 1.61. The molecule has 0 saturated heterocycles. The van der Waals surface area contributed by atoms with Crippen molar-refractivity contribution in [3.8, 4) is 0 Å². The molecule has 4 heteroatoms. The van der Waals surface area contributed by atoms with E-state index in [2.05, 4.69) is 5.32 Å². The molecule has 1 amide bonds. The fraction of sp³-hybridized carbons (Fsp3) is 0.632. The van der Waals surface area contributed by atoms with Gasteiger partial charge in [-0.1, -0.05) is 55.8 Å². The number of halogens is 1. The highest BCUT2D eigenvalue weighted by molar-refractivity contribution is 6.30. The first-order chi connectivity index (χ1) is 11.1. The zero-order valence-corrected chi connectivity index (χ0v) is 14.3. The third-order valence-corrected chi connectivity index (χ3v) is 5.73. The predicted octanol–water partition coefficient (Wildman–Crippen LogP) is 3.82. The first kappa shape index (κ1) is 16.8. The van der Waals surface area contributed by atoms with E-state index in [0.29, 0.717) is 10.9 Å². The first-order valence-corrected chi connectivity index (χ1v) is 9.20. The highest BCUT2D eigenvalue weighted by atomic mass is 35.5. The summed E-state index contributed by atoms with van der Waals surface area (Å²) in [4.78, 5) is 12.8. The number of aliphatic hydroxyl groups excluding tert-OH is 1. The van der Waals surface area contributed by atoms with Crippen LogP contribution in [0.15, 0.2) is 24.3 Å². The van der Waals surface area contributed by atoms with E-state index in [-0.39, 0.29) is 18.6 Å². The van der Waals surface area contributed by atoms with Gasteiger partial charge in [-0.05, 0) is 42.9 Å². The molecule has 0 heterocycles. The van der Waals surface area contributed by atoms with Crippen LogP contribution in [0.2, 0.25) is 5.02 Å². The number of nitrogens with one attached hydrogen (secondary N) is 1. The summed E-state index contributed by atoms with van der Waals surface area (Å²) < 4.78 is 0. The van der Waals surface area contributed by atoms with Gasteiger partial charge >= 0.3 is 0 Å². The average Bonchev–Trinajstić information content (AvgIpc) is 3.37. The van der Waals surface area contributed by atoms with Crippen LogP contribution >= 0.6 is 11.6 Å². The molecule has 3 rings (SSSR count). The topological polar surface area (TPSA) is 49.3 Å². The van der Waals surface area contributed by atoms with Gasteiger partial charge in [-0.2, -0.15) is 0 Å². The van der Waals surface area contributed by atoms with Gasteiger partial charge in [0.05, 0.1) is 18.1 Å². The fourth-order valence-corrected chi connectivity index (χ4v) is 3.99. The van der Waals surface area contributed by atoms with Crippen molar-refractivity contribution in [2.45, 2.75) is 62.8 Å². The second-order valence-corrected chi connectivity index (χ2v) is 7.62. The van der Waals surface area contributed by atoms with Crippen LogP contribution in [0.5, 0.6) is 0 Å².